The fourth-order valence-corrected chi connectivity index (χ4v) is 2.27. The van der Waals surface area contributed by atoms with Gasteiger partial charge in [0.2, 0.25) is 0 Å². The molecule has 0 amide bonds. The quantitative estimate of drug-likeness (QED) is 0.629. The molecule has 1 fully saturated rings. The van der Waals surface area contributed by atoms with Crippen molar-refractivity contribution in [2.75, 3.05) is 5.73 Å². The Kier molecular flexibility index (Phi) is 2.98. The van der Waals surface area contributed by atoms with Crippen molar-refractivity contribution in [2.45, 2.75) is 31.0 Å². The summed E-state index contributed by atoms with van der Waals surface area (Å²) in [5.41, 5.74) is 6.47. The lowest BCUT2D eigenvalue weighted by atomic mass is 10.1. The van der Waals surface area contributed by atoms with Gasteiger partial charge in [-0.1, -0.05) is 0 Å². The topological polar surface area (TPSA) is 143 Å². The van der Waals surface area contributed by atoms with Gasteiger partial charge in [0.05, 0.1) is 18.8 Å². The van der Waals surface area contributed by atoms with Gasteiger partial charge < -0.3 is 20.7 Å². The zero-order chi connectivity index (χ0) is 14.3. The van der Waals surface area contributed by atoms with Gasteiger partial charge in [-0.15, -0.1) is 0 Å². The number of aliphatic hydroxyl groups excluding tert-OH is 2. The van der Waals surface area contributed by atoms with E-state index in [1.54, 1.807) is 0 Å². The zero-order valence-corrected chi connectivity index (χ0v) is 10.3. The van der Waals surface area contributed by atoms with E-state index in [-0.39, 0.29) is 12.2 Å². The van der Waals surface area contributed by atoms with Crippen molar-refractivity contribution >= 4 is 17.0 Å². The minimum Gasteiger partial charge on any atom is -0.387 e. The fourth-order valence-electron chi connectivity index (χ4n) is 2.27. The fraction of sp³-hybridized carbons (Fsp3) is 0.455. The van der Waals surface area contributed by atoms with Gasteiger partial charge in [0.1, 0.15) is 30.2 Å². The molecule has 9 heteroatoms. The van der Waals surface area contributed by atoms with Crippen LogP contribution in [0.5, 0.6) is 0 Å². The summed E-state index contributed by atoms with van der Waals surface area (Å²) in [6.07, 6.45) is -1.28. The summed E-state index contributed by atoms with van der Waals surface area (Å²) in [6, 6.07) is 1.91. The number of nitrogens with two attached hydrogens (primary N) is 1. The summed E-state index contributed by atoms with van der Waals surface area (Å²) >= 11 is 0. The van der Waals surface area contributed by atoms with E-state index < -0.39 is 24.5 Å². The molecule has 0 unspecified atom stereocenters. The molecule has 0 bridgehead atoms. The SMILES string of the molecule is N#CC[C@H]1O[C@@H](n2cnc3c(N)ncnc32)[C@H](O)[C@@H]1O. The first-order valence-corrected chi connectivity index (χ1v) is 5.95. The third kappa shape index (κ3) is 1.78. The van der Waals surface area contributed by atoms with E-state index in [1.165, 1.54) is 17.2 Å². The zero-order valence-electron chi connectivity index (χ0n) is 10.3. The molecular formula is C11H12N6O3. The molecule has 0 saturated carbocycles. The van der Waals surface area contributed by atoms with Crippen LogP contribution in [0.3, 0.4) is 0 Å². The highest BCUT2D eigenvalue weighted by Crippen LogP contribution is 2.32. The van der Waals surface area contributed by atoms with Gasteiger partial charge in [0, 0.05) is 0 Å². The maximum Gasteiger partial charge on any atom is 0.167 e. The summed E-state index contributed by atoms with van der Waals surface area (Å²) in [6.45, 7) is 0. The maximum absolute atomic E-state index is 10.0. The summed E-state index contributed by atoms with van der Waals surface area (Å²) < 4.78 is 6.99. The van der Waals surface area contributed by atoms with Crippen molar-refractivity contribution in [1.82, 2.24) is 19.5 Å². The maximum atomic E-state index is 10.0. The highest BCUT2D eigenvalue weighted by molar-refractivity contribution is 5.81. The number of rotatable bonds is 2. The number of hydrogen-bond acceptors (Lipinski definition) is 8. The van der Waals surface area contributed by atoms with Crippen LogP contribution in [-0.4, -0.2) is 48.0 Å². The van der Waals surface area contributed by atoms with Crippen LogP contribution in [-0.2, 0) is 4.74 Å². The molecule has 1 saturated heterocycles. The lowest BCUT2D eigenvalue weighted by molar-refractivity contribution is -0.0333. The second-order valence-corrected chi connectivity index (χ2v) is 4.49. The van der Waals surface area contributed by atoms with Gasteiger partial charge in [-0.25, -0.2) is 15.0 Å². The smallest absolute Gasteiger partial charge is 0.167 e. The number of imidazole rings is 1. The average Bonchev–Trinajstić information content (AvgIpc) is 2.97. The highest BCUT2D eigenvalue weighted by atomic mass is 16.6. The number of fused-ring (bicyclic) bond motifs is 1. The number of aromatic nitrogens is 4. The van der Waals surface area contributed by atoms with E-state index in [2.05, 4.69) is 15.0 Å². The van der Waals surface area contributed by atoms with Crippen LogP contribution in [0.15, 0.2) is 12.7 Å². The highest BCUT2D eigenvalue weighted by Gasteiger charge is 2.44. The third-order valence-corrected chi connectivity index (χ3v) is 3.29. The Hall–Kier alpha value is -2.28. The predicted molar refractivity (Wildman–Crippen MR) is 65.9 cm³/mol. The summed E-state index contributed by atoms with van der Waals surface area (Å²) in [5, 5.41) is 28.6. The molecule has 20 heavy (non-hydrogen) atoms. The molecule has 4 N–H and O–H groups in total. The van der Waals surface area contributed by atoms with Crippen molar-refractivity contribution in [3.8, 4) is 6.07 Å². The molecule has 0 aliphatic carbocycles. The van der Waals surface area contributed by atoms with E-state index in [0.717, 1.165) is 0 Å². The lowest BCUT2D eigenvalue weighted by Crippen LogP contribution is -2.31. The van der Waals surface area contributed by atoms with Gasteiger partial charge >= 0.3 is 0 Å². The number of aliphatic hydroxyl groups is 2. The van der Waals surface area contributed by atoms with Crippen LogP contribution in [0.4, 0.5) is 5.82 Å². The number of nitrogens with zero attached hydrogens (tertiary/aromatic N) is 5. The van der Waals surface area contributed by atoms with Gasteiger partial charge in [-0.2, -0.15) is 5.26 Å². The summed E-state index contributed by atoms with van der Waals surface area (Å²) in [7, 11) is 0. The molecule has 0 aromatic carbocycles. The van der Waals surface area contributed by atoms with Crippen molar-refractivity contribution in [2.24, 2.45) is 0 Å². The molecule has 3 rings (SSSR count). The molecule has 9 nitrogen and oxygen atoms in total. The van der Waals surface area contributed by atoms with Gasteiger partial charge in [-0.05, 0) is 0 Å². The van der Waals surface area contributed by atoms with Crippen LogP contribution in [0.2, 0.25) is 0 Å². The van der Waals surface area contributed by atoms with Crippen molar-refractivity contribution in [1.29, 1.82) is 5.26 Å². The normalized spacial score (nSPS) is 29.6. The number of nitrogen functional groups attached to an aromatic ring is 1. The predicted octanol–water partition coefficient (Wildman–Crippen LogP) is -1.06. The number of hydrogen-bond donors (Lipinski definition) is 3. The van der Waals surface area contributed by atoms with Crippen LogP contribution in [0, 0.1) is 11.3 Å². The average molecular weight is 276 g/mol. The van der Waals surface area contributed by atoms with E-state index >= 15 is 0 Å². The third-order valence-electron chi connectivity index (χ3n) is 3.29. The Labute approximate surface area is 113 Å². The Morgan fingerprint density at radius 1 is 1.35 bits per heavy atom. The molecule has 0 spiro atoms. The lowest BCUT2D eigenvalue weighted by Gasteiger charge is -2.16. The molecule has 104 valence electrons. The van der Waals surface area contributed by atoms with E-state index in [9.17, 15) is 10.2 Å². The second kappa shape index (κ2) is 4.68. The largest absolute Gasteiger partial charge is 0.387 e. The van der Waals surface area contributed by atoms with Crippen molar-refractivity contribution < 1.29 is 14.9 Å². The number of nitriles is 1. The van der Waals surface area contributed by atoms with E-state index in [4.69, 9.17) is 15.7 Å². The van der Waals surface area contributed by atoms with Crippen LogP contribution >= 0.6 is 0 Å². The first kappa shape index (κ1) is 12.7. The van der Waals surface area contributed by atoms with Crippen molar-refractivity contribution in [3.63, 3.8) is 0 Å². The first-order chi connectivity index (χ1) is 9.63. The monoisotopic (exact) mass is 276 g/mol. The molecule has 2 aromatic rings. The molecular weight excluding hydrogens is 264 g/mol. The van der Waals surface area contributed by atoms with Gasteiger partial charge in [-0.3, -0.25) is 4.57 Å². The Balaban J connectivity index is 2.00. The Morgan fingerprint density at radius 3 is 2.90 bits per heavy atom. The molecule has 1 aliphatic heterocycles. The first-order valence-electron chi connectivity index (χ1n) is 5.95. The Bertz CT molecular complexity index is 680. The minimum atomic E-state index is -1.18. The van der Waals surface area contributed by atoms with Crippen LogP contribution in [0.1, 0.15) is 12.6 Å². The molecule has 0 radical (unpaired) electrons. The standard InChI is InChI=1S/C11H12N6O3/c12-2-1-5-7(18)8(19)11(20-5)17-4-16-6-9(13)14-3-15-10(6)17/h3-5,7-8,11,18-19H,1H2,(H2,13,14,15)/t5-,7-,8-,11-/m1/s1. The molecule has 2 aromatic heterocycles. The van der Waals surface area contributed by atoms with Crippen molar-refractivity contribution in [3.05, 3.63) is 12.7 Å². The molecule has 3 heterocycles. The second-order valence-electron chi connectivity index (χ2n) is 4.49. The summed E-state index contributed by atoms with van der Waals surface area (Å²) in [5.74, 6) is 0.218. The number of ether oxygens (including phenoxy) is 1. The Morgan fingerprint density at radius 2 is 2.15 bits per heavy atom. The van der Waals surface area contributed by atoms with E-state index in [0.29, 0.717) is 11.2 Å². The van der Waals surface area contributed by atoms with Gasteiger partial charge in [0.15, 0.2) is 17.7 Å². The summed E-state index contributed by atoms with van der Waals surface area (Å²) in [4.78, 5) is 11.9. The number of anilines is 1. The minimum absolute atomic E-state index is 0.0154. The van der Waals surface area contributed by atoms with E-state index in [1.807, 2.05) is 6.07 Å². The molecule has 4 atom stereocenters. The van der Waals surface area contributed by atoms with Crippen LogP contribution < -0.4 is 5.73 Å². The van der Waals surface area contributed by atoms with Gasteiger partial charge in [0.25, 0.3) is 0 Å². The molecule has 1 aliphatic rings. The van der Waals surface area contributed by atoms with Crippen LogP contribution in [0.25, 0.3) is 11.2 Å².